The third-order valence-corrected chi connectivity index (χ3v) is 3.50. The minimum atomic E-state index is -0.152. The number of amides is 1. The monoisotopic (exact) mass is 316 g/mol. The van der Waals surface area contributed by atoms with E-state index in [1.807, 2.05) is 12.3 Å². The third kappa shape index (κ3) is 3.50. The van der Waals surface area contributed by atoms with E-state index in [1.54, 1.807) is 18.5 Å². The molecule has 0 spiro atoms. The fourth-order valence-corrected chi connectivity index (χ4v) is 2.34. The number of nitrogens with one attached hydrogen (secondary N) is 1. The van der Waals surface area contributed by atoms with Crippen LogP contribution in [0.1, 0.15) is 16.6 Å². The van der Waals surface area contributed by atoms with E-state index >= 15 is 0 Å². The third-order valence-electron chi connectivity index (χ3n) is 2.68. The Hall–Kier alpha value is -2.68. The predicted molar refractivity (Wildman–Crippen MR) is 77.7 cm³/mol. The number of hydrogen-bond acceptors (Lipinski definition) is 8. The molecule has 0 saturated heterocycles. The molecule has 22 heavy (non-hydrogen) atoms. The van der Waals surface area contributed by atoms with Crippen LogP contribution < -0.4 is 5.32 Å². The van der Waals surface area contributed by atoms with E-state index in [9.17, 15) is 4.79 Å². The highest BCUT2D eigenvalue weighted by Crippen LogP contribution is 2.10. The van der Waals surface area contributed by atoms with E-state index in [0.29, 0.717) is 17.5 Å². The fraction of sp³-hybridized carbons (Fsp3) is 0.231. The first kappa shape index (κ1) is 14.3. The molecule has 0 aliphatic heterocycles. The molecule has 3 rings (SSSR count). The summed E-state index contributed by atoms with van der Waals surface area (Å²) in [6.07, 6.45) is 3.42. The van der Waals surface area contributed by atoms with Crippen molar-refractivity contribution in [3.8, 4) is 11.6 Å². The quantitative estimate of drug-likeness (QED) is 0.752. The first-order valence-electron chi connectivity index (χ1n) is 6.48. The van der Waals surface area contributed by atoms with Crippen molar-refractivity contribution >= 4 is 17.2 Å². The molecule has 0 fully saturated rings. The van der Waals surface area contributed by atoms with Crippen molar-refractivity contribution in [2.45, 2.75) is 19.9 Å². The first-order chi connectivity index (χ1) is 10.7. The molecule has 0 aromatic carbocycles. The van der Waals surface area contributed by atoms with Crippen molar-refractivity contribution < 1.29 is 9.32 Å². The molecular weight excluding hydrogens is 304 g/mol. The predicted octanol–water partition coefficient (Wildman–Crippen LogP) is 1.15. The average molecular weight is 316 g/mol. The molecule has 3 heterocycles. The van der Waals surface area contributed by atoms with Gasteiger partial charge < -0.3 is 9.84 Å². The number of thiazole rings is 1. The van der Waals surface area contributed by atoms with Gasteiger partial charge in [0.15, 0.2) is 0 Å². The highest BCUT2D eigenvalue weighted by Gasteiger charge is 2.12. The van der Waals surface area contributed by atoms with Crippen molar-refractivity contribution in [3.05, 3.63) is 40.4 Å². The van der Waals surface area contributed by atoms with Gasteiger partial charge in [-0.25, -0.2) is 15.0 Å². The van der Waals surface area contributed by atoms with Gasteiger partial charge in [-0.05, 0) is 13.0 Å². The van der Waals surface area contributed by atoms with Crippen molar-refractivity contribution in [1.82, 2.24) is 30.4 Å². The van der Waals surface area contributed by atoms with E-state index in [-0.39, 0.29) is 18.9 Å². The number of carbonyl (C=O) groups is 1. The van der Waals surface area contributed by atoms with Crippen molar-refractivity contribution in [2.24, 2.45) is 0 Å². The van der Waals surface area contributed by atoms with Crippen LogP contribution in [0.3, 0.4) is 0 Å². The second kappa shape index (κ2) is 6.39. The summed E-state index contributed by atoms with van der Waals surface area (Å²) in [5.41, 5.74) is 0.754. The lowest BCUT2D eigenvalue weighted by Crippen LogP contribution is -2.24. The SMILES string of the molecule is Cc1nc(CC(=O)NCc2nc(-c3ncccn3)no2)cs1. The molecule has 8 nitrogen and oxygen atoms in total. The normalized spacial score (nSPS) is 10.6. The molecule has 112 valence electrons. The minimum Gasteiger partial charge on any atom is -0.347 e. The lowest BCUT2D eigenvalue weighted by atomic mass is 10.3. The Balaban J connectivity index is 1.56. The van der Waals surface area contributed by atoms with Crippen LogP contribution in [-0.2, 0) is 17.8 Å². The molecule has 3 aromatic rings. The number of rotatable bonds is 5. The molecule has 0 aliphatic rings. The highest BCUT2D eigenvalue weighted by molar-refractivity contribution is 7.09. The lowest BCUT2D eigenvalue weighted by molar-refractivity contribution is -0.120. The zero-order valence-corrected chi connectivity index (χ0v) is 12.5. The second-order valence-corrected chi connectivity index (χ2v) is 5.46. The van der Waals surface area contributed by atoms with Crippen LogP contribution in [0.4, 0.5) is 0 Å². The molecule has 0 atom stereocenters. The topological polar surface area (TPSA) is 107 Å². The van der Waals surface area contributed by atoms with Gasteiger partial charge in [0, 0.05) is 17.8 Å². The van der Waals surface area contributed by atoms with Gasteiger partial charge in [-0.15, -0.1) is 11.3 Å². The van der Waals surface area contributed by atoms with Crippen molar-refractivity contribution in [1.29, 1.82) is 0 Å². The van der Waals surface area contributed by atoms with Crippen molar-refractivity contribution in [2.75, 3.05) is 0 Å². The van der Waals surface area contributed by atoms with Crippen LogP contribution in [0.5, 0.6) is 0 Å². The summed E-state index contributed by atoms with van der Waals surface area (Å²) in [5, 5.41) is 9.29. The summed E-state index contributed by atoms with van der Waals surface area (Å²) in [7, 11) is 0. The maximum absolute atomic E-state index is 11.8. The summed E-state index contributed by atoms with van der Waals surface area (Å²) >= 11 is 1.52. The molecule has 0 bridgehead atoms. The Kier molecular flexibility index (Phi) is 4.15. The van der Waals surface area contributed by atoms with Gasteiger partial charge in [0.05, 0.1) is 23.7 Å². The Morgan fingerprint density at radius 2 is 2.09 bits per heavy atom. The molecule has 3 aromatic heterocycles. The Morgan fingerprint density at radius 3 is 2.82 bits per heavy atom. The number of aryl methyl sites for hydroxylation is 1. The number of carbonyl (C=O) groups excluding carboxylic acids is 1. The zero-order valence-electron chi connectivity index (χ0n) is 11.7. The molecular formula is C13H12N6O2S. The van der Waals surface area contributed by atoms with E-state index in [2.05, 4.69) is 30.4 Å². The first-order valence-corrected chi connectivity index (χ1v) is 7.36. The minimum absolute atomic E-state index is 0.152. The molecule has 0 saturated carbocycles. The van der Waals surface area contributed by atoms with Gasteiger partial charge in [0.1, 0.15) is 0 Å². The second-order valence-electron chi connectivity index (χ2n) is 4.40. The summed E-state index contributed by atoms with van der Waals surface area (Å²) in [6.45, 7) is 2.06. The summed E-state index contributed by atoms with van der Waals surface area (Å²) in [4.78, 5) is 28.2. The van der Waals surface area contributed by atoms with Crippen LogP contribution in [0.2, 0.25) is 0 Å². The fourth-order valence-electron chi connectivity index (χ4n) is 1.72. The van der Waals surface area contributed by atoms with Crippen LogP contribution in [-0.4, -0.2) is 31.0 Å². The number of aromatic nitrogens is 5. The smallest absolute Gasteiger partial charge is 0.246 e. The maximum atomic E-state index is 11.8. The van der Waals surface area contributed by atoms with Crippen LogP contribution in [0, 0.1) is 6.92 Å². The Bertz CT molecular complexity index is 770. The molecule has 1 N–H and O–H groups in total. The summed E-state index contributed by atoms with van der Waals surface area (Å²) in [5.74, 6) is 0.813. The average Bonchev–Trinajstić information content (AvgIpc) is 3.15. The van der Waals surface area contributed by atoms with Gasteiger partial charge in [-0.1, -0.05) is 5.16 Å². The van der Waals surface area contributed by atoms with Crippen LogP contribution in [0.15, 0.2) is 28.4 Å². The lowest BCUT2D eigenvalue weighted by Gasteiger charge is -1.99. The molecule has 1 amide bonds. The van der Waals surface area contributed by atoms with Gasteiger partial charge in [0.25, 0.3) is 0 Å². The maximum Gasteiger partial charge on any atom is 0.246 e. The van der Waals surface area contributed by atoms with Gasteiger partial charge in [0.2, 0.25) is 23.4 Å². The largest absolute Gasteiger partial charge is 0.347 e. The molecule has 0 unspecified atom stereocenters. The standard InChI is InChI=1S/C13H12N6O2S/c1-8-17-9(7-22-8)5-10(20)16-6-11-18-13(19-21-11)12-14-3-2-4-15-12/h2-4,7H,5-6H2,1H3,(H,16,20). The molecule has 0 aliphatic carbocycles. The van der Waals surface area contributed by atoms with E-state index in [1.165, 1.54) is 11.3 Å². The van der Waals surface area contributed by atoms with E-state index in [0.717, 1.165) is 10.7 Å². The van der Waals surface area contributed by atoms with Crippen molar-refractivity contribution in [3.63, 3.8) is 0 Å². The Morgan fingerprint density at radius 1 is 1.27 bits per heavy atom. The summed E-state index contributed by atoms with van der Waals surface area (Å²) < 4.78 is 5.05. The van der Waals surface area contributed by atoms with Gasteiger partial charge >= 0.3 is 0 Å². The van der Waals surface area contributed by atoms with Gasteiger partial charge in [-0.2, -0.15) is 4.98 Å². The van der Waals surface area contributed by atoms with Crippen LogP contribution in [0.25, 0.3) is 11.6 Å². The van der Waals surface area contributed by atoms with Gasteiger partial charge in [-0.3, -0.25) is 4.79 Å². The Labute approximate surface area is 129 Å². The number of nitrogens with zero attached hydrogens (tertiary/aromatic N) is 5. The molecule has 0 radical (unpaired) electrons. The number of hydrogen-bond donors (Lipinski definition) is 1. The van der Waals surface area contributed by atoms with Crippen LogP contribution >= 0.6 is 11.3 Å². The van der Waals surface area contributed by atoms with E-state index < -0.39 is 0 Å². The highest BCUT2D eigenvalue weighted by atomic mass is 32.1. The molecule has 9 heteroatoms. The zero-order chi connectivity index (χ0) is 15.4. The van der Waals surface area contributed by atoms with E-state index in [4.69, 9.17) is 4.52 Å². The summed E-state index contributed by atoms with van der Waals surface area (Å²) in [6, 6.07) is 1.70.